The van der Waals surface area contributed by atoms with E-state index in [1.54, 1.807) is 0 Å². The lowest BCUT2D eigenvalue weighted by molar-refractivity contribution is 0.209. The third kappa shape index (κ3) is 2.13. The minimum absolute atomic E-state index is 0.134. The summed E-state index contributed by atoms with van der Waals surface area (Å²) in [5, 5.41) is 2.06. The second-order valence-electron chi connectivity index (χ2n) is 4.90. The first-order chi connectivity index (χ1) is 9.69. The standard InChI is InChI=1S/C16H17N3O/c1-3-10(2)20-14-9-8-12-11-6-4-5-7-13(11)18-16(17)15(12)19-14/h4-10H,3H2,1-2H3,(H2,17,18). The highest BCUT2D eigenvalue weighted by atomic mass is 16.5. The molecule has 4 nitrogen and oxygen atoms in total. The number of pyridine rings is 2. The van der Waals surface area contributed by atoms with E-state index >= 15 is 0 Å². The van der Waals surface area contributed by atoms with E-state index < -0.39 is 0 Å². The summed E-state index contributed by atoms with van der Waals surface area (Å²) >= 11 is 0. The monoisotopic (exact) mass is 267 g/mol. The van der Waals surface area contributed by atoms with E-state index in [-0.39, 0.29) is 6.10 Å². The quantitative estimate of drug-likeness (QED) is 0.737. The van der Waals surface area contributed by atoms with E-state index in [9.17, 15) is 0 Å². The van der Waals surface area contributed by atoms with E-state index in [0.717, 1.165) is 22.7 Å². The van der Waals surface area contributed by atoms with Gasteiger partial charge in [-0.3, -0.25) is 0 Å². The van der Waals surface area contributed by atoms with Gasteiger partial charge in [-0.1, -0.05) is 25.1 Å². The summed E-state index contributed by atoms with van der Waals surface area (Å²) < 4.78 is 5.74. The summed E-state index contributed by atoms with van der Waals surface area (Å²) in [6.07, 6.45) is 1.07. The summed E-state index contributed by atoms with van der Waals surface area (Å²) in [7, 11) is 0. The molecule has 0 aliphatic rings. The van der Waals surface area contributed by atoms with Gasteiger partial charge < -0.3 is 10.5 Å². The van der Waals surface area contributed by atoms with E-state index in [1.807, 2.05) is 43.3 Å². The molecule has 0 radical (unpaired) electrons. The molecule has 2 N–H and O–H groups in total. The molecule has 3 rings (SSSR count). The van der Waals surface area contributed by atoms with Crippen LogP contribution in [-0.2, 0) is 0 Å². The van der Waals surface area contributed by atoms with Gasteiger partial charge in [-0.15, -0.1) is 0 Å². The largest absolute Gasteiger partial charge is 0.475 e. The lowest BCUT2D eigenvalue weighted by atomic mass is 10.1. The van der Waals surface area contributed by atoms with Gasteiger partial charge >= 0.3 is 0 Å². The van der Waals surface area contributed by atoms with Crippen LogP contribution in [0.4, 0.5) is 5.82 Å². The van der Waals surface area contributed by atoms with Gasteiger partial charge in [0.1, 0.15) is 5.52 Å². The third-order valence-electron chi connectivity index (χ3n) is 3.44. The smallest absolute Gasteiger partial charge is 0.214 e. The average molecular weight is 267 g/mol. The van der Waals surface area contributed by atoms with Crippen molar-refractivity contribution in [3.8, 4) is 5.88 Å². The molecule has 1 aromatic carbocycles. The van der Waals surface area contributed by atoms with Crippen molar-refractivity contribution in [2.75, 3.05) is 5.73 Å². The highest BCUT2D eigenvalue weighted by Gasteiger charge is 2.09. The lowest BCUT2D eigenvalue weighted by Gasteiger charge is -2.13. The van der Waals surface area contributed by atoms with Crippen LogP contribution in [0.25, 0.3) is 21.8 Å². The van der Waals surface area contributed by atoms with Crippen LogP contribution in [0.1, 0.15) is 20.3 Å². The van der Waals surface area contributed by atoms with E-state index in [2.05, 4.69) is 16.9 Å². The predicted octanol–water partition coefficient (Wildman–Crippen LogP) is 3.54. The molecule has 0 bridgehead atoms. The molecule has 0 amide bonds. The number of anilines is 1. The number of nitrogens with zero attached hydrogens (tertiary/aromatic N) is 2. The Morgan fingerprint density at radius 1 is 1.10 bits per heavy atom. The van der Waals surface area contributed by atoms with Crippen molar-refractivity contribution in [2.45, 2.75) is 26.4 Å². The number of aromatic nitrogens is 2. The maximum absolute atomic E-state index is 6.03. The highest BCUT2D eigenvalue weighted by molar-refractivity contribution is 6.08. The fourth-order valence-electron chi connectivity index (χ4n) is 2.19. The number of benzene rings is 1. The number of fused-ring (bicyclic) bond motifs is 3. The van der Waals surface area contributed by atoms with Gasteiger partial charge in [0.25, 0.3) is 0 Å². The summed E-state index contributed by atoms with van der Waals surface area (Å²) in [5.74, 6) is 1.03. The second-order valence-corrected chi connectivity index (χ2v) is 4.90. The molecular weight excluding hydrogens is 250 g/mol. The van der Waals surface area contributed by atoms with Gasteiger partial charge in [0.05, 0.1) is 11.6 Å². The van der Waals surface area contributed by atoms with Gasteiger partial charge in [-0.2, -0.15) is 0 Å². The second kappa shape index (κ2) is 4.96. The molecule has 102 valence electrons. The molecule has 0 aliphatic carbocycles. The predicted molar refractivity (Wildman–Crippen MR) is 81.8 cm³/mol. The SMILES string of the molecule is CCC(C)Oc1ccc2c(n1)c(N)nc1ccccc12. The number of nitrogens with two attached hydrogens (primary N) is 1. The topological polar surface area (TPSA) is 61.0 Å². The van der Waals surface area contributed by atoms with E-state index in [1.165, 1.54) is 0 Å². The number of ether oxygens (including phenoxy) is 1. The molecule has 0 spiro atoms. The van der Waals surface area contributed by atoms with Crippen LogP contribution in [0.5, 0.6) is 5.88 Å². The van der Waals surface area contributed by atoms with Crippen molar-refractivity contribution >= 4 is 27.6 Å². The summed E-state index contributed by atoms with van der Waals surface area (Å²) in [4.78, 5) is 8.91. The first-order valence-electron chi connectivity index (χ1n) is 6.80. The van der Waals surface area contributed by atoms with Crippen LogP contribution in [-0.4, -0.2) is 16.1 Å². The maximum atomic E-state index is 6.03. The van der Waals surface area contributed by atoms with Crippen LogP contribution >= 0.6 is 0 Å². The highest BCUT2D eigenvalue weighted by Crippen LogP contribution is 2.28. The Kier molecular flexibility index (Phi) is 3.14. The Hall–Kier alpha value is -2.36. The summed E-state index contributed by atoms with van der Waals surface area (Å²) in [5.41, 5.74) is 7.61. The van der Waals surface area contributed by atoms with Gasteiger partial charge in [-0.05, 0) is 25.5 Å². The first kappa shape index (κ1) is 12.7. The minimum atomic E-state index is 0.134. The number of hydrogen-bond donors (Lipinski definition) is 1. The molecule has 0 aliphatic heterocycles. The minimum Gasteiger partial charge on any atom is -0.475 e. The van der Waals surface area contributed by atoms with Crippen LogP contribution < -0.4 is 10.5 Å². The molecule has 1 unspecified atom stereocenters. The van der Waals surface area contributed by atoms with Crippen molar-refractivity contribution in [1.29, 1.82) is 0 Å². The molecule has 3 aromatic rings. The molecular formula is C16H17N3O. The molecule has 2 heterocycles. The average Bonchev–Trinajstić information content (AvgIpc) is 2.47. The van der Waals surface area contributed by atoms with Crippen LogP contribution in [0.2, 0.25) is 0 Å². The summed E-state index contributed by atoms with van der Waals surface area (Å²) in [6, 6.07) is 11.8. The van der Waals surface area contributed by atoms with E-state index in [4.69, 9.17) is 10.5 Å². The van der Waals surface area contributed by atoms with Gasteiger partial charge in [0.2, 0.25) is 5.88 Å². The first-order valence-corrected chi connectivity index (χ1v) is 6.80. The zero-order valence-corrected chi connectivity index (χ0v) is 11.6. The molecule has 0 saturated carbocycles. The number of rotatable bonds is 3. The fraction of sp³-hybridized carbons (Fsp3) is 0.250. The van der Waals surface area contributed by atoms with Crippen molar-refractivity contribution in [3.05, 3.63) is 36.4 Å². The van der Waals surface area contributed by atoms with Crippen molar-refractivity contribution in [2.24, 2.45) is 0 Å². The molecule has 2 aromatic heterocycles. The van der Waals surface area contributed by atoms with Crippen LogP contribution in [0, 0.1) is 0 Å². The Labute approximate surface area is 117 Å². The maximum Gasteiger partial charge on any atom is 0.214 e. The Morgan fingerprint density at radius 3 is 2.70 bits per heavy atom. The summed E-state index contributed by atoms with van der Waals surface area (Å²) in [6.45, 7) is 4.10. The zero-order chi connectivity index (χ0) is 14.1. The number of para-hydroxylation sites is 1. The third-order valence-corrected chi connectivity index (χ3v) is 3.44. The van der Waals surface area contributed by atoms with E-state index in [0.29, 0.717) is 17.2 Å². The van der Waals surface area contributed by atoms with Crippen molar-refractivity contribution in [1.82, 2.24) is 9.97 Å². The van der Waals surface area contributed by atoms with Crippen molar-refractivity contribution in [3.63, 3.8) is 0 Å². The fourth-order valence-corrected chi connectivity index (χ4v) is 2.19. The molecule has 0 fully saturated rings. The number of hydrogen-bond acceptors (Lipinski definition) is 4. The molecule has 0 saturated heterocycles. The van der Waals surface area contributed by atoms with Gasteiger partial charge in [-0.25, -0.2) is 9.97 Å². The normalized spacial score (nSPS) is 12.7. The lowest BCUT2D eigenvalue weighted by Crippen LogP contribution is -2.10. The zero-order valence-electron chi connectivity index (χ0n) is 11.6. The van der Waals surface area contributed by atoms with Crippen LogP contribution in [0.3, 0.4) is 0 Å². The molecule has 4 heteroatoms. The molecule has 1 atom stereocenters. The van der Waals surface area contributed by atoms with Gasteiger partial charge in [0, 0.05) is 16.8 Å². The van der Waals surface area contributed by atoms with Crippen LogP contribution in [0.15, 0.2) is 36.4 Å². The Morgan fingerprint density at radius 2 is 1.90 bits per heavy atom. The molecule has 20 heavy (non-hydrogen) atoms. The van der Waals surface area contributed by atoms with Gasteiger partial charge in [0.15, 0.2) is 5.82 Å². The Bertz CT molecular complexity index is 770. The van der Waals surface area contributed by atoms with Crippen molar-refractivity contribution < 1.29 is 4.74 Å². The number of nitrogen functional groups attached to an aromatic ring is 1. The Balaban J connectivity index is 2.19.